The van der Waals surface area contributed by atoms with Gasteiger partial charge in [0.25, 0.3) is 0 Å². The fourth-order valence-corrected chi connectivity index (χ4v) is 2.45. The number of urea groups is 1. The highest BCUT2D eigenvalue weighted by Crippen LogP contribution is 2.15. The number of nitrogens with one attached hydrogen (secondary N) is 2. The van der Waals surface area contributed by atoms with Crippen molar-refractivity contribution >= 4 is 29.7 Å². The van der Waals surface area contributed by atoms with Gasteiger partial charge in [0.2, 0.25) is 5.91 Å². The zero-order valence-electron chi connectivity index (χ0n) is 13.0. The minimum absolute atomic E-state index is 0.430. The molecule has 0 bridgehead atoms. The maximum absolute atomic E-state index is 12.3. The monoisotopic (exact) mass is 319 g/mol. The van der Waals surface area contributed by atoms with Gasteiger partial charge in [-0.25, -0.2) is 9.59 Å². The molecule has 0 radical (unpaired) electrons. The number of methoxy groups -OCH3 is 1. The molecule has 21 heavy (non-hydrogen) atoms. The van der Waals surface area contributed by atoms with E-state index in [2.05, 4.69) is 10.6 Å². The summed E-state index contributed by atoms with van der Waals surface area (Å²) in [5.41, 5.74) is 3.97. The number of esters is 1. The number of amides is 3. The van der Waals surface area contributed by atoms with Crippen LogP contribution in [-0.2, 0) is 14.3 Å². The van der Waals surface area contributed by atoms with Gasteiger partial charge in [0.1, 0.15) is 11.6 Å². The summed E-state index contributed by atoms with van der Waals surface area (Å²) in [4.78, 5) is 35.2. The van der Waals surface area contributed by atoms with Crippen LogP contribution in [0.2, 0.25) is 0 Å². The van der Waals surface area contributed by atoms with Gasteiger partial charge in [-0.15, -0.1) is 0 Å². The van der Waals surface area contributed by atoms with Gasteiger partial charge in [-0.2, -0.15) is 11.8 Å². The summed E-state index contributed by atoms with van der Waals surface area (Å²) in [6, 6.07) is -1.54. The first-order valence-corrected chi connectivity index (χ1v) is 8.15. The summed E-state index contributed by atoms with van der Waals surface area (Å²) in [7, 11) is 1.27. The molecule has 0 aliphatic carbocycles. The molecule has 2 unspecified atom stereocenters. The van der Waals surface area contributed by atoms with Gasteiger partial charge >= 0.3 is 12.0 Å². The molecule has 122 valence electrons. The lowest BCUT2D eigenvalue weighted by atomic mass is 9.95. The summed E-state index contributed by atoms with van der Waals surface area (Å²) in [5, 5.41) is 5.06. The number of hydrogen-bond acceptors (Lipinski definition) is 5. The predicted octanol–water partition coefficient (Wildman–Crippen LogP) is 0.624. The van der Waals surface area contributed by atoms with Gasteiger partial charge in [0.05, 0.1) is 7.11 Å². The Balaban J connectivity index is 4.96. The number of nitrogens with two attached hydrogens (primary N) is 1. The number of rotatable bonds is 9. The average molecular weight is 319 g/mol. The lowest BCUT2D eigenvalue weighted by molar-refractivity contribution is -0.150. The van der Waals surface area contributed by atoms with Crippen molar-refractivity contribution in [3.05, 3.63) is 0 Å². The Morgan fingerprint density at radius 3 is 2.43 bits per heavy atom. The molecule has 0 aromatic carbocycles. The third-order valence-electron chi connectivity index (χ3n) is 3.03. The smallest absolute Gasteiger partial charge is 0.331 e. The maximum atomic E-state index is 12.3. The first-order chi connectivity index (χ1) is 9.80. The lowest BCUT2D eigenvalue weighted by Gasteiger charge is -2.29. The topological polar surface area (TPSA) is 111 Å². The molecule has 3 amide bonds. The van der Waals surface area contributed by atoms with Crippen molar-refractivity contribution in [3.63, 3.8) is 0 Å². The number of carbonyl (C=O) groups is 3. The fraction of sp³-hybridized carbons (Fsp3) is 0.769. The first kappa shape index (κ1) is 19.6. The van der Waals surface area contributed by atoms with E-state index in [1.54, 1.807) is 18.7 Å². The fourth-order valence-electron chi connectivity index (χ4n) is 1.98. The Morgan fingerprint density at radius 1 is 1.38 bits per heavy atom. The molecule has 0 heterocycles. The minimum atomic E-state index is -1.11. The van der Waals surface area contributed by atoms with E-state index in [1.807, 2.05) is 13.2 Å². The second kappa shape index (κ2) is 9.49. The molecule has 0 saturated heterocycles. The number of ether oxygens (including phenoxy) is 1. The van der Waals surface area contributed by atoms with Crippen molar-refractivity contribution in [1.82, 2.24) is 10.6 Å². The Bertz CT molecular complexity index is 378. The van der Waals surface area contributed by atoms with Crippen LogP contribution in [0.15, 0.2) is 0 Å². The Hall–Kier alpha value is -1.44. The largest absolute Gasteiger partial charge is 0.467 e. The average Bonchev–Trinajstić information content (AvgIpc) is 2.42. The van der Waals surface area contributed by atoms with Crippen molar-refractivity contribution in [2.24, 2.45) is 5.73 Å². The molecule has 0 saturated carbocycles. The number of primary amides is 1. The maximum Gasteiger partial charge on any atom is 0.331 e. The van der Waals surface area contributed by atoms with Gasteiger partial charge in [-0.3, -0.25) is 4.79 Å². The van der Waals surface area contributed by atoms with Crippen LogP contribution < -0.4 is 16.4 Å². The van der Waals surface area contributed by atoms with E-state index in [0.29, 0.717) is 25.0 Å². The van der Waals surface area contributed by atoms with Crippen LogP contribution in [0.25, 0.3) is 0 Å². The second-order valence-corrected chi connectivity index (χ2v) is 5.89. The molecular formula is C13H25N3O4S. The van der Waals surface area contributed by atoms with Crippen molar-refractivity contribution in [2.45, 2.75) is 44.7 Å². The molecule has 0 fully saturated rings. The summed E-state index contributed by atoms with van der Waals surface area (Å²) < 4.78 is 4.74. The third kappa shape index (κ3) is 6.70. The third-order valence-corrected chi connectivity index (χ3v) is 3.67. The van der Waals surface area contributed by atoms with Crippen LogP contribution in [0.4, 0.5) is 4.79 Å². The van der Waals surface area contributed by atoms with Crippen molar-refractivity contribution in [1.29, 1.82) is 0 Å². The van der Waals surface area contributed by atoms with Gasteiger partial charge in [0, 0.05) is 0 Å². The lowest BCUT2D eigenvalue weighted by Crippen LogP contribution is -2.58. The highest BCUT2D eigenvalue weighted by molar-refractivity contribution is 7.98. The number of thioether (sulfide) groups is 1. The normalized spacial score (nSPS) is 14.7. The van der Waals surface area contributed by atoms with Gasteiger partial charge in [-0.05, 0) is 31.8 Å². The van der Waals surface area contributed by atoms with Crippen molar-refractivity contribution in [2.75, 3.05) is 19.1 Å². The Labute approximate surface area is 129 Å². The molecule has 0 aliphatic heterocycles. The standard InChI is InChI=1S/C13H25N3O4S/c1-5-7-13(2,11(18)20-3)16-10(17)9(6-8-21-4)15-12(14)19/h9H,5-8H2,1-4H3,(H,16,17)(H3,14,15,19). The summed E-state index contributed by atoms with van der Waals surface area (Å²) in [6.07, 6.45) is 3.47. The Morgan fingerprint density at radius 2 is 2.00 bits per heavy atom. The van der Waals surface area contributed by atoms with Gasteiger partial charge in [-0.1, -0.05) is 13.3 Å². The van der Waals surface area contributed by atoms with Gasteiger partial charge in [0.15, 0.2) is 0 Å². The van der Waals surface area contributed by atoms with Crippen LogP contribution in [0, 0.1) is 0 Å². The minimum Gasteiger partial charge on any atom is -0.467 e. The molecule has 0 rings (SSSR count). The van der Waals surface area contributed by atoms with Crippen LogP contribution in [0.3, 0.4) is 0 Å². The molecule has 0 aliphatic rings. The molecule has 0 aromatic rings. The van der Waals surface area contributed by atoms with E-state index < -0.39 is 29.5 Å². The highest BCUT2D eigenvalue weighted by atomic mass is 32.2. The first-order valence-electron chi connectivity index (χ1n) is 6.76. The molecule has 8 heteroatoms. The van der Waals surface area contributed by atoms with E-state index in [0.717, 1.165) is 0 Å². The van der Waals surface area contributed by atoms with Gasteiger partial charge < -0.3 is 21.1 Å². The summed E-state index contributed by atoms with van der Waals surface area (Å²) in [6.45, 7) is 3.51. The summed E-state index contributed by atoms with van der Waals surface area (Å²) in [5.74, 6) is -0.272. The van der Waals surface area contributed by atoms with E-state index in [1.165, 1.54) is 7.11 Å². The van der Waals surface area contributed by atoms with Crippen molar-refractivity contribution in [3.8, 4) is 0 Å². The molecule has 2 atom stereocenters. The quantitative estimate of drug-likeness (QED) is 0.540. The molecule has 4 N–H and O–H groups in total. The van der Waals surface area contributed by atoms with Crippen molar-refractivity contribution < 1.29 is 19.1 Å². The van der Waals surface area contributed by atoms with E-state index in [4.69, 9.17) is 10.5 Å². The highest BCUT2D eigenvalue weighted by Gasteiger charge is 2.37. The van der Waals surface area contributed by atoms with E-state index >= 15 is 0 Å². The second-order valence-electron chi connectivity index (χ2n) is 4.91. The zero-order valence-corrected chi connectivity index (χ0v) is 13.8. The number of hydrogen-bond donors (Lipinski definition) is 3. The zero-order chi connectivity index (χ0) is 16.5. The molecule has 7 nitrogen and oxygen atoms in total. The summed E-state index contributed by atoms with van der Waals surface area (Å²) >= 11 is 1.55. The van der Waals surface area contributed by atoms with E-state index in [-0.39, 0.29) is 0 Å². The predicted molar refractivity (Wildman–Crippen MR) is 83.0 cm³/mol. The van der Waals surface area contributed by atoms with Crippen LogP contribution in [0.5, 0.6) is 0 Å². The molecular weight excluding hydrogens is 294 g/mol. The SMILES string of the molecule is CCCC(C)(NC(=O)C(CCSC)NC(N)=O)C(=O)OC. The van der Waals surface area contributed by atoms with E-state index in [9.17, 15) is 14.4 Å². The Kier molecular flexibility index (Phi) is 8.84. The van der Waals surface area contributed by atoms with Crippen LogP contribution >= 0.6 is 11.8 Å². The van der Waals surface area contributed by atoms with Crippen LogP contribution in [-0.4, -0.2) is 48.6 Å². The number of carbonyl (C=O) groups excluding carboxylic acids is 3. The molecule has 0 spiro atoms. The molecule has 0 aromatic heterocycles. The van der Waals surface area contributed by atoms with Crippen LogP contribution in [0.1, 0.15) is 33.1 Å².